The van der Waals surface area contributed by atoms with Gasteiger partial charge in [0.25, 0.3) is 0 Å². The highest BCUT2D eigenvalue weighted by Gasteiger charge is 2.42. The summed E-state index contributed by atoms with van der Waals surface area (Å²) in [5.74, 6) is 2.05. The predicted octanol–water partition coefficient (Wildman–Crippen LogP) is 6.85. The van der Waals surface area contributed by atoms with E-state index in [1.807, 2.05) is 77.7 Å². The van der Waals surface area contributed by atoms with Gasteiger partial charge in [-0.05, 0) is 78.9 Å². The maximum absolute atomic E-state index is 6.58. The van der Waals surface area contributed by atoms with Gasteiger partial charge in [-0.25, -0.2) is 0 Å². The highest BCUT2D eigenvalue weighted by Crippen LogP contribution is 2.44. The van der Waals surface area contributed by atoms with Gasteiger partial charge < -0.3 is 24.1 Å². The number of benzene rings is 2. The second-order valence-electron chi connectivity index (χ2n) is 8.16. The molecule has 2 aromatic carbocycles. The van der Waals surface area contributed by atoms with E-state index < -0.39 is 0 Å². The maximum atomic E-state index is 6.58. The van der Waals surface area contributed by atoms with Gasteiger partial charge in [-0.2, -0.15) is 0 Å². The van der Waals surface area contributed by atoms with Crippen LogP contribution in [0.2, 0.25) is 10.0 Å². The zero-order chi connectivity index (χ0) is 25.1. The van der Waals surface area contributed by atoms with Gasteiger partial charge >= 0.3 is 0 Å². The number of ether oxygens (including phenoxy) is 2. The maximum Gasteiger partial charge on any atom is 0.174 e. The summed E-state index contributed by atoms with van der Waals surface area (Å²) in [5.41, 5.74) is 2.59. The van der Waals surface area contributed by atoms with Crippen LogP contribution in [0.1, 0.15) is 23.5 Å². The molecule has 9 heteroatoms. The third kappa shape index (κ3) is 5.06. The van der Waals surface area contributed by atoms with Crippen LogP contribution in [0, 0.1) is 0 Å². The Morgan fingerprint density at radius 1 is 1.03 bits per heavy atom. The second-order valence-corrected chi connectivity index (χ2v) is 9.39. The number of rotatable bonds is 8. The molecule has 0 aliphatic carbocycles. The van der Waals surface area contributed by atoms with Crippen LogP contribution >= 0.6 is 35.4 Å². The van der Waals surface area contributed by atoms with Crippen molar-refractivity contribution in [3.63, 3.8) is 0 Å². The molecule has 2 unspecified atom stereocenters. The first-order chi connectivity index (χ1) is 17.5. The van der Waals surface area contributed by atoms with E-state index in [0.29, 0.717) is 34.1 Å². The third-order valence-electron chi connectivity index (χ3n) is 5.88. The number of nitrogens with one attached hydrogen (secondary N) is 1. The molecule has 2 atom stereocenters. The summed E-state index contributed by atoms with van der Waals surface area (Å²) in [4.78, 5) is 6.59. The van der Waals surface area contributed by atoms with Crippen molar-refractivity contribution in [1.82, 2.24) is 10.3 Å². The van der Waals surface area contributed by atoms with E-state index in [2.05, 4.69) is 10.3 Å². The molecular formula is C27H23Cl2N3O3S. The van der Waals surface area contributed by atoms with Crippen molar-refractivity contribution < 1.29 is 13.9 Å². The Morgan fingerprint density at radius 2 is 1.86 bits per heavy atom. The number of hydrogen-bond acceptors (Lipinski definition) is 5. The number of methoxy groups -OCH3 is 1. The monoisotopic (exact) mass is 539 g/mol. The van der Waals surface area contributed by atoms with Gasteiger partial charge in [0.2, 0.25) is 0 Å². The Balaban J connectivity index is 1.52. The molecule has 1 saturated heterocycles. The number of aromatic nitrogens is 1. The summed E-state index contributed by atoms with van der Waals surface area (Å²) in [6.07, 6.45) is 1.77. The lowest BCUT2D eigenvalue weighted by Gasteiger charge is -2.26. The van der Waals surface area contributed by atoms with Crippen LogP contribution in [0.5, 0.6) is 5.75 Å². The van der Waals surface area contributed by atoms with E-state index in [1.54, 1.807) is 13.3 Å². The molecule has 0 spiro atoms. The number of anilines is 1. The molecule has 1 fully saturated rings. The highest BCUT2D eigenvalue weighted by atomic mass is 35.5. The van der Waals surface area contributed by atoms with Crippen LogP contribution in [0.4, 0.5) is 5.69 Å². The van der Waals surface area contributed by atoms with Crippen LogP contribution in [-0.2, 0) is 4.74 Å². The summed E-state index contributed by atoms with van der Waals surface area (Å²) >= 11 is 18.4. The number of halogens is 2. The molecular weight excluding hydrogens is 517 g/mol. The van der Waals surface area contributed by atoms with Crippen molar-refractivity contribution in [2.75, 3.05) is 25.2 Å². The summed E-state index contributed by atoms with van der Waals surface area (Å²) in [6, 6.07) is 22.3. The quantitative estimate of drug-likeness (QED) is 0.194. The number of nitrogens with zero attached hydrogens (tertiary/aromatic N) is 2. The van der Waals surface area contributed by atoms with E-state index in [-0.39, 0.29) is 12.1 Å². The molecule has 2 aromatic heterocycles. The predicted molar refractivity (Wildman–Crippen MR) is 146 cm³/mol. The summed E-state index contributed by atoms with van der Waals surface area (Å²) in [5, 5.41) is 5.12. The zero-order valence-corrected chi connectivity index (χ0v) is 21.7. The zero-order valence-electron chi connectivity index (χ0n) is 19.4. The van der Waals surface area contributed by atoms with Crippen LogP contribution in [0.15, 0.2) is 83.4 Å². The van der Waals surface area contributed by atoms with Gasteiger partial charge in [-0.1, -0.05) is 29.3 Å². The fraction of sp³-hybridized carbons (Fsp3) is 0.185. The standard InChI is InChI=1S/C27H23Cl2N3O3S/c1-33-14-15-34-23-10-9-19(16-20(23)29)32-26(25(31-27(32)36)21-4-2-3-13-30-21)24-12-11-22(35-24)17-5-7-18(28)8-6-17/h2-13,16,25-26H,14-15H2,1H3,(H,31,36). The largest absolute Gasteiger partial charge is 0.490 e. The van der Waals surface area contributed by atoms with E-state index in [9.17, 15) is 0 Å². The van der Waals surface area contributed by atoms with Crippen LogP contribution in [0.25, 0.3) is 11.3 Å². The molecule has 4 aromatic rings. The Kier molecular flexibility index (Phi) is 7.43. The van der Waals surface area contributed by atoms with Gasteiger partial charge in [0.1, 0.15) is 29.9 Å². The van der Waals surface area contributed by atoms with Crippen LogP contribution in [0.3, 0.4) is 0 Å². The normalized spacial score (nSPS) is 17.3. The SMILES string of the molecule is COCCOc1ccc(N2C(=S)NC(c3ccccn3)C2c2ccc(-c3ccc(Cl)cc3)o2)cc1Cl. The first-order valence-electron chi connectivity index (χ1n) is 11.3. The molecule has 184 valence electrons. The van der Waals surface area contributed by atoms with Gasteiger partial charge in [0.05, 0.1) is 23.4 Å². The number of thiocarbonyl (C=S) groups is 1. The smallest absolute Gasteiger partial charge is 0.174 e. The van der Waals surface area contributed by atoms with Gasteiger partial charge in [-0.3, -0.25) is 4.98 Å². The first-order valence-corrected chi connectivity index (χ1v) is 12.5. The van der Waals surface area contributed by atoms with E-state index in [1.165, 1.54) is 0 Å². The highest BCUT2D eigenvalue weighted by molar-refractivity contribution is 7.80. The van der Waals surface area contributed by atoms with E-state index >= 15 is 0 Å². The Bertz CT molecular complexity index is 1350. The Morgan fingerprint density at radius 3 is 2.58 bits per heavy atom. The summed E-state index contributed by atoms with van der Waals surface area (Å²) in [6.45, 7) is 0.879. The number of pyridine rings is 1. The molecule has 0 saturated carbocycles. The third-order valence-corrected chi connectivity index (χ3v) is 6.75. The molecule has 0 amide bonds. The molecule has 0 radical (unpaired) electrons. The summed E-state index contributed by atoms with van der Waals surface area (Å²) < 4.78 is 17.2. The lowest BCUT2D eigenvalue weighted by Crippen LogP contribution is -2.29. The van der Waals surface area contributed by atoms with Gasteiger partial charge in [0.15, 0.2) is 5.11 Å². The minimum Gasteiger partial charge on any atom is -0.490 e. The minimum atomic E-state index is -0.301. The fourth-order valence-corrected chi connectivity index (χ4v) is 4.90. The second kappa shape index (κ2) is 10.9. The van der Waals surface area contributed by atoms with Crippen molar-refractivity contribution in [2.24, 2.45) is 0 Å². The molecule has 5 rings (SSSR count). The van der Waals surface area contributed by atoms with Crippen molar-refractivity contribution in [3.05, 3.63) is 100 Å². The summed E-state index contributed by atoms with van der Waals surface area (Å²) in [7, 11) is 1.63. The molecule has 1 aliphatic heterocycles. The topological polar surface area (TPSA) is 59.8 Å². The first kappa shape index (κ1) is 24.6. The Labute approximate surface area is 224 Å². The minimum absolute atomic E-state index is 0.237. The lowest BCUT2D eigenvalue weighted by atomic mass is 10.0. The van der Waals surface area contributed by atoms with Gasteiger partial charge in [-0.15, -0.1) is 0 Å². The lowest BCUT2D eigenvalue weighted by molar-refractivity contribution is 0.146. The average Bonchev–Trinajstić information content (AvgIpc) is 3.51. The van der Waals surface area contributed by atoms with Crippen LogP contribution in [-0.4, -0.2) is 30.4 Å². The number of hydrogen-bond donors (Lipinski definition) is 1. The van der Waals surface area contributed by atoms with E-state index in [0.717, 1.165) is 28.5 Å². The van der Waals surface area contributed by atoms with Crippen molar-refractivity contribution in [1.29, 1.82) is 0 Å². The molecule has 0 bridgehead atoms. The molecule has 1 aliphatic rings. The van der Waals surface area contributed by atoms with Crippen molar-refractivity contribution in [3.8, 4) is 17.1 Å². The fourth-order valence-electron chi connectivity index (χ4n) is 4.19. The number of furan rings is 1. The average molecular weight is 540 g/mol. The van der Waals surface area contributed by atoms with Crippen molar-refractivity contribution in [2.45, 2.75) is 12.1 Å². The van der Waals surface area contributed by atoms with Gasteiger partial charge in [0, 0.05) is 29.6 Å². The molecule has 3 heterocycles. The molecule has 36 heavy (non-hydrogen) atoms. The Hall–Kier alpha value is -3.10. The molecule has 1 N–H and O–H groups in total. The van der Waals surface area contributed by atoms with Crippen LogP contribution < -0.4 is 15.0 Å². The van der Waals surface area contributed by atoms with E-state index in [4.69, 9.17) is 49.3 Å². The van der Waals surface area contributed by atoms with Crippen molar-refractivity contribution >= 4 is 46.2 Å². The molecule has 6 nitrogen and oxygen atoms in total.